The van der Waals surface area contributed by atoms with Gasteiger partial charge >= 0.3 is 0 Å². The zero-order chi connectivity index (χ0) is 22.9. The SMILES string of the molecule is CCN(CC)c1nc2ccc(-c3nc(NC4CCN(S(C)(=O)=O)CC4)ncc3F)cc2s1. The van der Waals surface area contributed by atoms with E-state index < -0.39 is 15.8 Å². The number of sulfonamides is 1. The van der Waals surface area contributed by atoms with Crippen molar-refractivity contribution in [1.82, 2.24) is 19.3 Å². The van der Waals surface area contributed by atoms with Crippen LogP contribution in [0, 0.1) is 5.82 Å². The van der Waals surface area contributed by atoms with Crippen LogP contribution >= 0.6 is 11.3 Å². The summed E-state index contributed by atoms with van der Waals surface area (Å²) in [6, 6.07) is 5.67. The van der Waals surface area contributed by atoms with Crippen molar-refractivity contribution in [3.63, 3.8) is 0 Å². The summed E-state index contributed by atoms with van der Waals surface area (Å²) >= 11 is 1.58. The molecule has 2 aromatic heterocycles. The van der Waals surface area contributed by atoms with Gasteiger partial charge in [-0.15, -0.1) is 0 Å². The molecule has 8 nitrogen and oxygen atoms in total. The summed E-state index contributed by atoms with van der Waals surface area (Å²) in [5, 5.41) is 4.19. The molecule has 4 rings (SSSR count). The lowest BCUT2D eigenvalue weighted by atomic mass is 10.1. The molecule has 0 amide bonds. The van der Waals surface area contributed by atoms with Crippen LogP contribution in [0.4, 0.5) is 15.5 Å². The number of rotatable bonds is 7. The summed E-state index contributed by atoms with van der Waals surface area (Å²) in [6.45, 7) is 6.83. The van der Waals surface area contributed by atoms with Crippen LogP contribution in [-0.2, 0) is 10.0 Å². The van der Waals surface area contributed by atoms with E-state index in [1.165, 1.54) is 16.8 Å². The molecule has 0 unspecified atom stereocenters. The largest absolute Gasteiger partial charge is 0.351 e. The zero-order valence-electron chi connectivity index (χ0n) is 18.4. The number of benzene rings is 1. The van der Waals surface area contributed by atoms with Gasteiger partial charge in [-0.05, 0) is 38.8 Å². The van der Waals surface area contributed by atoms with E-state index >= 15 is 0 Å². The Balaban J connectivity index is 1.54. The smallest absolute Gasteiger partial charge is 0.223 e. The predicted molar refractivity (Wildman–Crippen MR) is 127 cm³/mol. The summed E-state index contributed by atoms with van der Waals surface area (Å²) in [7, 11) is -3.18. The highest BCUT2D eigenvalue weighted by molar-refractivity contribution is 7.88. The fourth-order valence-corrected chi connectivity index (χ4v) is 5.85. The number of anilines is 2. The Morgan fingerprint density at radius 3 is 2.59 bits per heavy atom. The highest BCUT2D eigenvalue weighted by Crippen LogP contribution is 2.32. The molecule has 32 heavy (non-hydrogen) atoms. The van der Waals surface area contributed by atoms with Gasteiger partial charge in [0.25, 0.3) is 0 Å². The van der Waals surface area contributed by atoms with Crippen molar-refractivity contribution in [3.8, 4) is 11.3 Å². The van der Waals surface area contributed by atoms with E-state index in [0.717, 1.165) is 28.4 Å². The van der Waals surface area contributed by atoms with Gasteiger partial charge < -0.3 is 10.2 Å². The van der Waals surface area contributed by atoms with Crippen LogP contribution in [0.3, 0.4) is 0 Å². The van der Waals surface area contributed by atoms with E-state index in [1.54, 1.807) is 11.3 Å². The normalized spacial score (nSPS) is 15.9. The second kappa shape index (κ2) is 9.24. The molecule has 3 aromatic rings. The van der Waals surface area contributed by atoms with E-state index in [9.17, 15) is 12.8 Å². The van der Waals surface area contributed by atoms with Crippen molar-refractivity contribution in [2.45, 2.75) is 32.7 Å². The van der Waals surface area contributed by atoms with Crippen molar-refractivity contribution in [2.75, 3.05) is 42.7 Å². The molecule has 1 aliphatic heterocycles. The van der Waals surface area contributed by atoms with E-state index in [4.69, 9.17) is 0 Å². The minimum Gasteiger partial charge on any atom is -0.351 e. The van der Waals surface area contributed by atoms with Crippen LogP contribution in [-0.4, -0.2) is 66.2 Å². The van der Waals surface area contributed by atoms with E-state index in [1.807, 2.05) is 18.2 Å². The van der Waals surface area contributed by atoms with Crippen LogP contribution in [0.15, 0.2) is 24.4 Å². The van der Waals surface area contributed by atoms with Crippen LogP contribution in [0.5, 0.6) is 0 Å². The van der Waals surface area contributed by atoms with Crippen molar-refractivity contribution in [2.24, 2.45) is 0 Å². The third-order valence-electron chi connectivity index (χ3n) is 5.68. The van der Waals surface area contributed by atoms with Gasteiger partial charge in [-0.1, -0.05) is 17.4 Å². The number of hydrogen-bond donors (Lipinski definition) is 1. The van der Waals surface area contributed by atoms with Gasteiger partial charge in [0.15, 0.2) is 10.9 Å². The second-order valence-electron chi connectivity index (χ2n) is 7.82. The van der Waals surface area contributed by atoms with Gasteiger partial charge in [-0.2, -0.15) is 0 Å². The minimum absolute atomic E-state index is 0.0342. The fourth-order valence-electron chi connectivity index (χ4n) is 3.84. The molecule has 0 spiro atoms. The number of nitrogens with zero attached hydrogens (tertiary/aromatic N) is 5. The maximum atomic E-state index is 14.6. The molecule has 0 atom stereocenters. The van der Waals surface area contributed by atoms with E-state index in [2.05, 4.69) is 39.0 Å². The van der Waals surface area contributed by atoms with Gasteiger partial charge in [-0.25, -0.2) is 32.1 Å². The Bertz CT molecular complexity index is 1200. The first kappa shape index (κ1) is 22.8. The molecule has 1 aromatic carbocycles. The summed E-state index contributed by atoms with van der Waals surface area (Å²) in [5.74, 6) is -0.150. The molecule has 0 aliphatic carbocycles. The lowest BCUT2D eigenvalue weighted by Gasteiger charge is -2.30. The highest BCUT2D eigenvalue weighted by Gasteiger charge is 2.25. The molecule has 0 bridgehead atoms. The lowest BCUT2D eigenvalue weighted by Crippen LogP contribution is -2.42. The van der Waals surface area contributed by atoms with Crippen molar-refractivity contribution < 1.29 is 12.8 Å². The number of hydrogen-bond acceptors (Lipinski definition) is 8. The lowest BCUT2D eigenvalue weighted by molar-refractivity contribution is 0.331. The quantitative estimate of drug-likeness (QED) is 0.555. The minimum atomic E-state index is -3.18. The van der Waals surface area contributed by atoms with Gasteiger partial charge in [0, 0.05) is 37.8 Å². The fraction of sp³-hybridized carbons (Fsp3) is 0.476. The molecule has 1 fully saturated rings. The topological polar surface area (TPSA) is 91.3 Å². The number of halogens is 1. The molecule has 1 aliphatic rings. The summed E-state index contributed by atoms with van der Waals surface area (Å²) in [4.78, 5) is 15.4. The van der Waals surface area contributed by atoms with Crippen molar-refractivity contribution in [1.29, 1.82) is 0 Å². The first-order valence-electron chi connectivity index (χ1n) is 10.7. The maximum Gasteiger partial charge on any atom is 0.223 e. The molecule has 3 heterocycles. The Hall–Kier alpha value is -2.37. The Morgan fingerprint density at radius 1 is 1.22 bits per heavy atom. The molecule has 0 saturated carbocycles. The van der Waals surface area contributed by atoms with E-state index in [0.29, 0.717) is 37.4 Å². The maximum absolute atomic E-state index is 14.6. The van der Waals surface area contributed by atoms with Crippen LogP contribution in [0.1, 0.15) is 26.7 Å². The summed E-state index contributed by atoms with van der Waals surface area (Å²) in [5.41, 5.74) is 1.78. The molecule has 172 valence electrons. The molecule has 1 N–H and O–H groups in total. The summed E-state index contributed by atoms with van der Waals surface area (Å²) < 4.78 is 40.4. The molecular weight excluding hydrogens is 451 g/mol. The average molecular weight is 479 g/mol. The van der Waals surface area contributed by atoms with Gasteiger partial charge in [0.05, 0.1) is 22.7 Å². The van der Waals surface area contributed by atoms with Crippen LogP contribution in [0.2, 0.25) is 0 Å². The summed E-state index contributed by atoms with van der Waals surface area (Å²) in [6.07, 6.45) is 3.68. The molecule has 1 saturated heterocycles. The van der Waals surface area contributed by atoms with E-state index in [-0.39, 0.29) is 11.7 Å². The predicted octanol–water partition coefficient (Wildman–Crippen LogP) is 3.57. The number of piperidine rings is 1. The Morgan fingerprint density at radius 2 is 1.94 bits per heavy atom. The highest BCUT2D eigenvalue weighted by atomic mass is 32.2. The van der Waals surface area contributed by atoms with Gasteiger partial charge in [0.2, 0.25) is 16.0 Å². The van der Waals surface area contributed by atoms with Crippen molar-refractivity contribution in [3.05, 3.63) is 30.2 Å². The first-order valence-corrected chi connectivity index (χ1v) is 13.3. The Kier molecular flexibility index (Phi) is 6.59. The van der Waals surface area contributed by atoms with Gasteiger partial charge in [-0.3, -0.25) is 0 Å². The first-order chi connectivity index (χ1) is 15.3. The second-order valence-corrected chi connectivity index (χ2v) is 10.8. The monoisotopic (exact) mass is 478 g/mol. The standard InChI is InChI=1S/C21H27FN6O2S2/c1-4-27(5-2)21-25-17-7-6-14(12-18(17)31-21)19-16(22)13-23-20(26-19)24-15-8-10-28(11-9-15)32(3,29)30/h6-7,12-13,15H,4-5,8-11H2,1-3H3,(H,23,24,26). The molecule has 11 heteroatoms. The van der Waals surface area contributed by atoms with Crippen LogP contribution < -0.4 is 10.2 Å². The number of nitrogens with one attached hydrogen (secondary N) is 1. The third kappa shape index (κ3) is 4.84. The van der Waals surface area contributed by atoms with Crippen molar-refractivity contribution >= 4 is 42.7 Å². The third-order valence-corrected chi connectivity index (χ3v) is 8.07. The van der Waals surface area contributed by atoms with Crippen LogP contribution in [0.25, 0.3) is 21.5 Å². The average Bonchev–Trinajstić information content (AvgIpc) is 3.18. The number of thiazole rings is 1. The number of aromatic nitrogens is 3. The zero-order valence-corrected chi connectivity index (χ0v) is 20.0. The number of fused-ring (bicyclic) bond motifs is 1. The Labute approximate surface area is 191 Å². The molecular formula is C21H27FN6O2S2. The molecule has 0 radical (unpaired) electrons. The van der Waals surface area contributed by atoms with Gasteiger partial charge in [0.1, 0.15) is 5.69 Å².